The van der Waals surface area contributed by atoms with Gasteiger partial charge in [-0.3, -0.25) is 4.79 Å². The van der Waals surface area contributed by atoms with Gasteiger partial charge in [0.1, 0.15) is 12.4 Å². The lowest BCUT2D eigenvalue weighted by Gasteiger charge is -2.16. The van der Waals surface area contributed by atoms with Crippen molar-refractivity contribution < 1.29 is 9.53 Å². The summed E-state index contributed by atoms with van der Waals surface area (Å²) in [6, 6.07) is 28.4. The lowest BCUT2D eigenvalue weighted by molar-refractivity contribution is -0.129. The summed E-state index contributed by atoms with van der Waals surface area (Å²) in [5, 5.41) is 1.05. The number of nitrogens with zero attached hydrogens (tertiary/aromatic N) is 1. The van der Waals surface area contributed by atoms with Crippen LogP contribution in [-0.4, -0.2) is 29.4 Å². The monoisotopic (exact) mass is 398 g/mol. The van der Waals surface area contributed by atoms with E-state index >= 15 is 0 Å². The molecular formula is C26H26N2O2. The van der Waals surface area contributed by atoms with Gasteiger partial charge in [-0.2, -0.15) is 0 Å². The van der Waals surface area contributed by atoms with Crippen LogP contribution in [0.2, 0.25) is 0 Å². The van der Waals surface area contributed by atoms with Crippen molar-refractivity contribution in [3.8, 4) is 5.75 Å². The van der Waals surface area contributed by atoms with Gasteiger partial charge in [0.2, 0.25) is 5.91 Å². The van der Waals surface area contributed by atoms with Crippen molar-refractivity contribution >= 4 is 16.8 Å². The summed E-state index contributed by atoms with van der Waals surface area (Å²) < 4.78 is 5.91. The topological polar surface area (TPSA) is 45.3 Å². The van der Waals surface area contributed by atoms with E-state index in [1.807, 2.05) is 79.8 Å². The minimum atomic E-state index is 0.109. The maximum atomic E-state index is 12.6. The molecule has 3 aromatic carbocycles. The van der Waals surface area contributed by atoms with Crippen LogP contribution in [-0.2, 0) is 24.2 Å². The molecule has 4 rings (SSSR count). The molecule has 0 aliphatic heterocycles. The molecule has 4 nitrogen and oxygen atoms in total. The van der Waals surface area contributed by atoms with Crippen LogP contribution in [0.3, 0.4) is 0 Å². The first-order chi connectivity index (χ1) is 14.7. The molecule has 152 valence electrons. The van der Waals surface area contributed by atoms with Gasteiger partial charge >= 0.3 is 0 Å². The van der Waals surface area contributed by atoms with E-state index < -0.39 is 0 Å². The molecule has 4 heteroatoms. The smallest absolute Gasteiger partial charge is 0.228 e. The number of aromatic nitrogens is 1. The number of nitrogens with one attached hydrogen (secondary N) is 1. The predicted molar refractivity (Wildman–Crippen MR) is 121 cm³/mol. The van der Waals surface area contributed by atoms with Gasteiger partial charge in [0.05, 0.1) is 6.42 Å². The minimum Gasteiger partial charge on any atom is -0.489 e. The maximum absolute atomic E-state index is 12.6. The number of aromatic amines is 1. The van der Waals surface area contributed by atoms with Gasteiger partial charge in [-0.1, -0.05) is 60.7 Å². The van der Waals surface area contributed by atoms with Crippen molar-refractivity contribution in [2.45, 2.75) is 19.4 Å². The number of hydrogen-bond acceptors (Lipinski definition) is 2. The average molecular weight is 399 g/mol. The van der Waals surface area contributed by atoms with Gasteiger partial charge in [-0.25, -0.2) is 0 Å². The molecule has 0 aliphatic carbocycles. The Hall–Kier alpha value is -3.53. The fraction of sp³-hybridized carbons (Fsp3) is 0.192. The number of likely N-dealkylation sites (N-methyl/N-ethyl adjacent to an activating group) is 1. The van der Waals surface area contributed by atoms with Gasteiger partial charge in [-0.05, 0) is 41.8 Å². The van der Waals surface area contributed by atoms with E-state index in [1.165, 1.54) is 5.56 Å². The fourth-order valence-corrected chi connectivity index (χ4v) is 3.46. The van der Waals surface area contributed by atoms with E-state index in [0.29, 0.717) is 19.6 Å². The molecule has 1 N–H and O–H groups in total. The molecule has 1 aromatic heterocycles. The number of hydrogen-bond donors (Lipinski definition) is 1. The van der Waals surface area contributed by atoms with Gasteiger partial charge in [0.25, 0.3) is 0 Å². The maximum Gasteiger partial charge on any atom is 0.228 e. The van der Waals surface area contributed by atoms with Crippen molar-refractivity contribution in [2.75, 3.05) is 13.6 Å². The zero-order chi connectivity index (χ0) is 20.8. The first-order valence-corrected chi connectivity index (χ1v) is 10.2. The highest BCUT2D eigenvalue weighted by Crippen LogP contribution is 2.23. The number of carbonyl (C=O) groups is 1. The number of rotatable bonds is 8. The van der Waals surface area contributed by atoms with Gasteiger partial charge < -0.3 is 14.6 Å². The number of carbonyl (C=O) groups excluding carboxylic acids is 1. The Morgan fingerprint density at radius 1 is 0.900 bits per heavy atom. The molecule has 0 aliphatic rings. The molecule has 0 unspecified atom stereocenters. The quantitative estimate of drug-likeness (QED) is 0.454. The second-order valence-electron chi connectivity index (χ2n) is 7.55. The normalized spacial score (nSPS) is 10.8. The molecule has 0 radical (unpaired) electrons. The van der Waals surface area contributed by atoms with Crippen LogP contribution < -0.4 is 4.74 Å². The number of H-pyrrole nitrogens is 1. The summed E-state index contributed by atoms with van der Waals surface area (Å²) in [5.41, 5.74) is 4.31. The van der Waals surface area contributed by atoms with Crippen LogP contribution in [0.15, 0.2) is 84.9 Å². The molecule has 0 saturated carbocycles. The third-order valence-electron chi connectivity index (χ3n) is 5.24. The second kappa shape index (κ2) is 9.31. The average Bonchev–Trinajstić information content (AvgIpc) is 3.19. The largest absolute Gasteiger partial charge is 0.489 e. The molecule has 1 heterocycles. The Labute approximate surface area is 177 Å². The van der Waals surface area contributed by atoms with Crippen LogP contribution in [0.1, 0.15) is 16.8 Å². The summed E-state index contributed by atoms with van der Waals surface area (Å²) in [7, 11) is 1.86. The third kappa shape index (κ3) is 5.09. The molecule has 4 aromatic rings. The molecule has 0 bridgehead atoms. The van der Waals surface area contributed by atoms with Crippen molar-refractivity contribution in [1.82, 2.24) is 9.88 Å². The second-order valence-corrected chi connectivity index (χ2v) is 7.55. The van der Waals surface area contributed by atoms with Crippen molar-refractivity contribution in [2.24, 2.45) is 0 Å². The molecule has 1 amide bonds. The van der Waals surface area contributed by atoms with E-state index in [2.05, 4.69) is 17.1 Å². The SMILES string of the molecule is CN(CCc1ccccc1)C(=O)Cc1cc2cc(OCc3ccccc3)ccc2[nH]1. The van der Waals surface area contributed by atoms with Crippen LogP contribution in [0, 0.1) is 0 Å². The highest BCUT2D eigenvalue weighted by Gasteiger charge is 2.12. The molecular weight excluding hydrogens is 372 g/mol. The Morgan fingerprint density at radius 3 is 2.33 bits per heavy atom. The van der Waals surface area contributed by atoms with Crippen LogP contribution in [0.25, 0.3) is 10.9 Å². The Morgan fingerprint density at radius 2 is 1.60 bits per heavy atom. The molecule has 0 fully saturated rings. The Balaban J connectivity index is 1.35. The Kier molecular flexibility index (Phi) is 6.14. The predicted octanol–water partition coefficient (Wildman–Crippen LogP) is 4.99. The van der Waals surface area contributed by atoms with Crippen LogP contribution >= 0.6 is 0 Å². The lowest BCUT2D eigenvalue weighted by Crippen LogP contribution is -2.30. The lowest BCUT2D eigenvalue weighted by atomic mass is 10.1. The van der Waals surface area contributed by atoms with Crippen molar-refractivity contribution in [3.63, 3.8) is 0 Å². The summed E-state index contributed by atoms with van der Waals surface area (Å²) in [5.74, 6) is 0.932. The van der Waals surface area contributed by atoms with Crippen molar-refractivity contribution in [3.05, 3.63) is 102 Å². The van der Waals surface area contributed by atoms with E-state index in [-0.39, 0.29) is 5.91 Å². The van der Waals surface area contributed by atoms with Crippen LogP contribution in [0.5, 0.6) is 5.75 Å². The zero-order valence-corrected chi connectivity index (χ0v) is 17.2. The highest BCUT2D eigenvalue weighted by atomic mass is 16.5. The van der Waals surface area contributed by atoms with Gasteiger partial charge in [-0.15, -0.1) is 0 Å². The summed E-state index contributed by atoms with van der Waals surface area (Å²) in [6.07, 6.45) is 1.22. The number of amides is 1. The third-order valence-corrected chi connectivity index (χ3v) is 5.24. The summed E-state index contributed by atoms with van der Waals surface area (Å²) in [6.45, 7) is 1.24. The van der Waals surface area contributed by atoms with E-state index in [9.17, 15) is 4.79 Å². The molecule has 0 atom stereocenters. The summed E-state index contributed by atoms with van der Waals surface area (Å²) in [4.78, 5) is 17.8. The first-order valence-electron chi connectivity index (χ1n) is 10.2. The summed E-state index contributed by atoms with van der Waals surface area (Å²) >= 11 is 0. The molecule has 30 heavy (non-hydrogen) atoms. The fourth-order valence-electron chi connectivity index (χ4n) is 3.46. The van der Waals surface area contributed by atoms with Crippen molar-refractivity contribution in [1.29, 1.82) is 0 Å². The number of benzene rings is 3. The number of ether oxygens (including phenoxy) is 1. The zero-order valence-electron chi connectivity index (χ0n) is 17.2. The van der Waals surface area contributed by atoms with E-state index in [4.69, 9.17) is 4.74 Å². The van der Waals surface area contributed by atoms with Gasteiger partial charge in [0.15, 0.2) is 0 Å². The minimum absolute atomic E-state index is 0.109. The number of fused-ring (bicyclic) bond motifs is 1. The van der Waals surface area contributed by atoms with E-state index in [1.54, 1.807) is 4.90 Å². The van der Waals surface area contributed by atoms with Crippen LogP contribution in [0.4, 0.5) is 0 Å². The standard InChI is InChI=1S/C26H26N2O2/c1-28(15-14-20-8-4-2-5-9-20)26(29)18-23-16-22-17-24(12-13-25(22)27-23)30-19-21-10-6-3-7-11-21/h2-13,16-17,27H,14-15,18-19H2,1H3. The van der Waals surface area contributed by atoms with E-state index in [0.717, 1.165) is 34.3 Å². The first kappa shape index (κ1) is 19.8. The molecule has 0 spiro atoms. The van der Waals surface area contributed by atoms with Gasteiger partial charge in [0, 0.05) is 30.2 Å². The Bertz CT molecular complexity index is 1100. The molecule has 0 saturated heterocycles. The highest BCUT2D eigenvalue weighted by molar-refractivity contribution is 5.85.